The van der Waals surface area contributed by atoms with Crippen LogP contribution in [0.5, 0.6) is 0 Å². The molecule has 2 unspecified atom stereocenters. The average molecular weight is 355 g/mol. The second kappa shape index (κ2) is 8.42. The second-order valence-corrected chi connectivity index (χ2v) is 6.15. The first-order valence-corrected chi connectivity index (χ1v) is 8.61. The quantitative estimate of drug-likeness (QED) is 0.606. The van der Waals surface area contributed by atoms with Gasteiger partial charge in [0.15, 0.2) is 5.69 Å². The summed E-state index contributed by atoms with van der Waals surface area (Å²) in [6, 6.07) is 9.43. The number of rotatable bonds is 5. The van der Waals surface area contributed by atoms with Crippen molar-refractivity contribution < 1.29 is 19.1 Å². The second-order valence-electron chi connectivity index (χ2n) is 6.15. The zero-order chi connectivity index (χ0) is 18.4. The number of hydrogen-bond acceptors (Lipinski definition) is 6. The van der Waals surface area contributed by atoms with Crippen LogP contribution in [0.15, 0.2) is 42.6 Å². The molecule has 1 aliphatic carbocycles. The van der Waals surface area contributed by atoms with Gasteiger partial charge in [-0.2, -0.15) is 0 Å². The first-order chi connectivity index (χ1) is 12.7. The van der Waals surface area contributed by atoms with Crippen LogP contribution < -0.4 is 0 Å². The monoisotopic (exact) mass is 355 g/mol. The Morgan fingerprint density at radius 3 is 2.73 bits per heavy atom. The van der Waals surface area contributed by atoms with E-state index in [9.17, 15) is 9.59 Å². The molecule has 0 aliphatic heterocycles. The fourth-order valence-electron chi connectivity index (χ4n) is 3.07. The molecule has 0 radical (unpaired) electrons. The molecule has 1 fully saturated rings. The molecule has 1 heterocycles. The van der Waals surface area contributed by atoms with Gasteiger partial charge >= 0.3 is 11.9 Å². The highest BCUT2D eigenvalue weighted by Gasteiger charge is 2.31. The van der Waals surface area contributed by atoms with Gasteiger partial charge in [0.25, 0.3) is 0 Å². The highest BCUT2D eigenvalue weighted by molar-refractivity contribution is 5.87. The molecule has 2 atom stereocenters. The van der Waals surface area contributed by atoms with Crippen LogP contribution in [0.25, 0.3) is 6.08 Å². The van der Waals surface area contributed by atoms with Crippen molar-refractivity contribution in [1.29, 1.82) is 0 Å². The van der Waals surface area contributed by atoms with E-state index in [0.717, 1.165) is 31.2 Å². The van der Waals surface area contributed by atoms with Gasteiger partial charge in [-0.3, -0.25) is 0 Å². The van der Waals surface area contributed by atoms with E-state index in [2.05, 4.69) is 15.0 Å². The SMILES string of the molecule is COC(=O)c1cn(C2CCCCC2OC(=O)C=Cc2ccccc2)nn1. The maximum Gasteiger partial charge on any atom is 0.360 e. The lowest BCUT2D eigenvalue weighted by atomic mass is 9.92. The molecule has 0 saturated heterocycles. The molecule has 1 aliphatic rings. The van der Waals surface area contributed by atoms with Gasteiger partial charge in [0.2, 0.25) is 0 Å². The molecule has 1 aromatic carbocycles. The third-order valence-electron chi connectivity index (χ3n) is 4.39. The van der Waals surface area contributed by atoms with E-state index in [0.29, 0.717) is 0 Å². The van der Waals surface area contributed by atoms with Crippen LogP contribution in [0.1, 0.15) is 47.8 Å². The molecular weight excluding hydrogens is 334 g/mol. The standard InChI is InChI=1S/C19H21N3O4/c1-25-19(24)15-13-22(21-20-15)16-9-5-6-10-17(16)26-18(23)12-11-14-7-3-2-4-8-14/h2-4,7-8,11-13,16-17H,5-6,9-10H2,1H3. The molecule has 0 N–H and O–H groups in total. The summed E-state index contributed by atoms with van der Waals surface area (Å²) in [4.78, 5) is 23.7. The van der Waals surface area contributed by atoms with Gasteiger partial charge in [-0.1, -0.05) is 42.0 Å². The lowest BCUT2D eigenvalue weighted by molar-refractivity contribution is -0.147. The van der Waals surface area contributed by atoms with Crippen molar-refractivity contribution >= 4 is 18.0 Å². The zero-order valence-corrected chi connectivity index (χ0v) is 14.6. The Morgan fingerprint density at radius 2 is 1.96 bits per heavy atom. The van der Waals surface area contributed by atoms with Crippen molar-refractivity contribution in [1.82, 2.24) is 15.0 Å². The Kier molecular flexibility index (Phi) is 5.78. The normalized spacial score (nSPS) is 20.0. The molecule has 7 heteroatoms. The van der Waals surface area contributed by atoms with Crippen LogP contribution >= 0.6 is 0 Å². The van der Waals surface area contributed by atoms with Crippen LogP contribution in [0, 0.1) is 0 Å². The summed E-state index contributed by atoms with van der Waals surface area (Å²) in [5.74, 6) is -0.926. The number of hydrogen-bond donors (Lipinski definition) is 0. The number of methoxy groups -OCH3 is 1. The third-order valence-corrected chi connectivity index (χ3v) is 4.39. The van der Waals surface area contributed by atoms with Gasteiger partial charge in [-0.25, -0.2) is 14.3 Å². The van der Waals surface area contributed by atoms with Crippen molar-refractivity contribution in [3.63, 3.8) is 0 Å². The van der Waals surface area contributed by atoms with E-state index >= 15 is 0 Å². The van der Waals surface area contributed by atoms with Crippen molar-refractivity contribution in [3.05, 3.63) is 53.9 Å². The van der Waals surface area contributed by atoms with Gasteiger partial charge in [0.1, 0.15) is 6.10 Å². The first kappa shape index (κ1) is 17.8. The summed E-state index contributed by atoms with van der Waals surface area (Å²) in [6.45, 7) is 0. The number of esters is 2. The topological polar surface area (TPSA) is 83.3 Å². The highest BCUT2D eigenvalue weighted by Crippen LogP contribution is 2.30. The number of benzene rings is 1. The molecule has 0 amide bonds. The summed E-state index contributed by atoms with van der Waals surface area (Å²) >= 11 is 0. The number of aromatic nitrogens is 3. The van der Waals surface area contributed by atoms with Crippen molar-refractivity contribution in [2.24, 2.45) is 0 Å². The lowest BCUT2D eigenvalue weighted by Gasteiger charge is -2.30. The third kappa shape index (κ3) is 4.36. The maximum absolute atomic E-state index is 12.2. The summed E-state index contributed by atoms with van der Waals surface area (Å²) in [6.07, 6.45) is 7.95. The Hall–Kier alpha value is -2.96. The molecule has 3 rings (SSSR count). The number of carbonyl (C=O) groups is 2. The molecule has 0 spiro atoms. The summed E-state index contributed by atoms with van der Waals surface area (Å²) in [5.41, 5.74) is 1.08. The van der Waals surface area contributed by atoms with E-state index in [1.54, 1.807) is 17.0 Å². The minimum Gasteiger partial charge on any atom is -0.464 e. The van der Waals surface area contributed by atoms with Gasteiger partial charge in [0, 0.05) is 6.08 Å². The fourth-order valence-corrected chi connectivity index (χ4v) is 3.07. The molecule has 26 heavy (non-hydrogen) atoms. The van der Waals surface area contributed by atoms with E-state index in [-0.39, 0.29) is 23.8 Å². The minimum absolute atomic E-state index is 0.135. The van der Waals surface area contributed by atoms with Gasteiger partial charge < -0.3 is 9.47 Å². The van der Waals surface area contributed by atoms with E-state index in [1.165, 1.54) is 13.2 Å². The Bertz CT molecular complexity index is 785. The number of ether oxygens (including phenoxy) is 2. The Labute approximate surface area is 151 Å². The molecule has 7 nitrogen and oxygen atoms in total. The molecule has 136 valence electrons. The molecule has 2 aromatic rings. The molecule has 1 aromatic heterocycles. The van der Waals surface area contributed by atoms with E-state index in [4.69, 9.17) is 4.74 Å². The van der Waals surface area contributed by atoms with Gasteiger partial charge in [0.05, 0.1) is 19.3 Å². The van der Waals surface area contributed by atoms with Crippen LogP contribution in [0.3, 0.4) is 0 Å². The number of nitrogens with zero attached hydrogens (tertiary/aromatic N) is 3. The summed E-state index contributed by atoms with van der Waals surface area (Å²) < 4.78 is 11.9. The van der Waals surface area contributed by atoms with Gasteiger partial charge in [-0.15, -0.1) is 5.10 Å². The lowest BCUT2D eigenvalue weighted by Crippen LogP contribution is -2.32. The Morgan fingerprint density at radius 1 is 1.19 bits per heavy atom. The van der Waals surface area contributed by atoms with Crippen LogP contribution in [-0.2, 0) is 14.3 Å². The van der Waals surface area contributed by atoms with Crippen LogP contribution in [0.4, 0.5) is 0 Å². The molecule has 1 saturated carbocycles. The van der Waals surface area contributed by atoms with Crippen molar-refractivity contribution in [3.8, 4) is 0 Å². The molecular formula is C19H21N3O4. The smallest absolute Gasteiger partial charge is 0.360 e. The van der Waals surface area contributed by atoms with E-state index < -0.39 is 5.97 Å². The molecule has 0 bridgehead atoms. The summed E-state index contributed by atoms with van der Waals surface area (Å²) in [5, 5.41) is 7.85. The summed E-state index contributed by atoms with van der Waals surface area (Å²) in [7, 11) is 1.30. The predicted molar refractivity (Wildman–Crippen MR) is 94.2 cm³/mol. The average Bonchev–Trinajstić information content (AvgIpc) is 3.17. The first-order valence-electron chi connectivity index (χ1n) is 8.61. The minimum atomic E-state index is -0.536. The van der Waals surface area contributed by atoms with E-state index in [1.807, 2.05) is 30.3 Å². The fraction of sp³-hybridized carbons (Fsp3) is 0.368. The highest BCUT2D eigenvalue weighted by atomic mass is 16.5. The maximum atomic E-state index is 12.2. The number of carbonyl (C=O) groups excluding carboxylic acids is 2. The largest absolute Gasteiger partial charge is 0.464 e. The van der Waals surface area contributed by atoms with Gasteiger partial charge in [-0.05, 0) is 30.9 Å². The zero-order valence-electron chi connectivity index (χ0n) is 14.6. The van der Waals surface area contributed by atoms with Crippen LogP contribution in [0.2, 0.25) is 0 Å². The van der Waals surface area contributed by atoms with Crippen molar-refractivity contribution in [2.45, 2.75) is 37.8 Å². The van der Waals surface area contributed by atoms with Crippen LogP contribution in [-0.4, -0.2) is 40.1 Å². The predicted octanol–water partition coefficient (Wildman–Crippen LogP) is 2.81. The Balaban J connectivity index is 1.67. The van der Waals surface area contributed by atoms with Crippen molar-refractivity contribution in [2.75, 3.05) is 7.11 Å².